The summed E-state index contributed by atoms with van der Waals surface area (Å²) in [6, 6.07) is 12.9. The van der Waals surface area contributed by atoms with Gasteiger partial charge in [-0.25, -0.2) is 4.68 Å². The monoisotopic (exact) mass is 407 g/mol. The Kier molecular flexibility index (Phi) is 6.79. The number of nitrogens with one attached hydrogen (secondary N) is 1. The van der Waals surface area contributed by atoms with Crippen molar-refractivity contribution in [3.05, 3.63) is 54.1 Å². The minimum absolute atomic E-state index is 0.248. The van der Waals surface area contributed by atoms with Crippen LogP contribution in [0.15, 0.2) is 48.5 Å². The van der Waals surface area contributed by atoms with E-state index in [4.69, 9.17) is 9.47 Å². The number of aryl methyl sites for hydroxylation is 1. The fourth-order valence-corrected chi connectivity index (χ4v) is 2.73. The van der Waals surface area contributed by atoms with Gasteiger partial charge in [-0.1, -0.05) is 32.0 Å². The molecule has 1 amide bonds. The van der Waals surface area contributed by atoms with Crippen molar-refractivity contribution in [3.63, 3.8) is 0 Å². The first-order chi connectivity index (χ1) is 14.5. The lowest BCUT2D eigenvalue weighted by Gasteiger charge is -2.12. The van der Waals surface area contributed by atoms with Gasteiger partial charge in [-0.05, 0) is 52.2 Å². The number of anilines is 1. The number of methoxy groups -OCH3 is 1. The van der Waals surface area contributed by atoms with Crippen LogP contribution in [0, 0.1) is 5.92 Å². The summed E-state index contributed by atoms with van der Waals surface area (Å²) in [4.78, 5) is 12.3. The van der Waals surface area contributed by atoms with Crippen molar-refractivity contribution in [2.24, 2.45) is 13.0 Å². The Balaban J connectivity index is 1.67. The summed E-state index contributed by atoms with van der Waals surface area (Å²) >= 11 is 0. The first-order valence-electron chi connectivity index (χ1n) is 9.59. The van der Waals surface area contributed by atoms with E-state index in [1.54, 1.807) is 24.9 Å². The third-order valence-electron chi connectivity index (χ3n) is 4.20. The highest BCUT2D eigenvalue weighted by molar-refractivity contribution is 6.02. The van der Waals surface area contributed by atoms with Crippen molar-refractivity contribution < 1.29 is 14.3 Å². The Morgan fingerprint density at radius 2 is 2.03 bits per heavy atom. The number of hydrogen-bond donors (Lipinski definition) is 1. The van der Waals surface area contributed by atoms with Crippen LogP contribution >= 0.6 is 0 Å². The number of aromatic nitrogens is 4. The molecule has 3 aromatic rings. The summed E-state index contributed by atoms with van der Waals surface area (Å²) in [5, 5.41) is 14.3. The number of nitrogens with zero attached hydrogens (tertiary/aromatic N) is 4. The second kappa shape index (κ2) is 9.69. The number of amides is 1. The van der Waals surface area contributed by atoms with Gasteiger partial charge in [0.15, 0.2) is 17.3 Å². The molecule has 1 heterocycles. The molecule has 0 unspecified atom stereocenters. The van der Waals surface area contributed by atoms with Crippen LogP contribution in [0.5, 0.6) is 11.5 Å². The van der Waals surface area contributed by atoms with E-state index in [9.17, 15) is 4.79 Å². The van der Waals surface area contributed by atoms with Gasteiger partial charge >= 0.3 is 0 Å². The predicted molar refractivity (Wildman–Crippen MR) is 115 cm³/mol. The average Bonchev–Trinajstić information content (AvgIpc) is 3.17. The normalized spacial score (nSPS) is 11.1. The molecule has 3 rings (SSSR count). The third kappa shape index (κ3) is 5.44. The highest BCUT2D eigenvalue weighted by Gasteiger charge is 2.08. The average molecular weight is 407 g/mol. The van der Waals surface area contributed by atoms with E-state index < -0.39 is 0 Å². The molecular weight excluding hydrogens is 382 g/mol. The van der Waals surface area contributed by atoms with Gasteiger partial charge in [0.25, 0.3) is 0 Å². The molecule has 0 aliphatic rings. The Hall–Kier alpha value is -3.68. The van der Waals surface area contributed by atoms with Crippen LogP contribution in [0.3, 0.4) is 0 Å². The van der Waals surface area contributed by atoms with Crippen molar-refractivity contribution in [3.8, 4) is 22.9 Å². The standard InChI is InChI=1S/C22H25N5O3/c1-15(2)14-30-19-10-8-16(12-20(19)29-4)9-11-21(28)23-18-7-5-6-17(13-18)22-24-25-26-27(22)3/h5-13,15H,14H2,1-4H3,(H,23,28)/b11-9+. The van der Waals surface area contributed by atoms with Gasteiger partial charge in [0.1, 0.15) is 0 Å². The molecule has 0 radical (unpaired) electrons. The largest absolute Gasteiger partial charge is 0.493 e. The number of rotatable bonds is 8. The quantitative estimate of drug-likeness (QED) is 0.574. The van der Waals surface area contributed by atoms with Crippen LogP contribution in [-0.4, -0.2) is 39.8 Å². The second-order valence-electron chi connectivity index (χ2n) is 7.14. The zero-order valence-electron chi connectivity index (χ0n) is 17.5. The first-order valence-corrected chi connectivity index (χ1v) is 9.59. The number of hydrogen-bond acceptors (Lipinski definition) is 6. The zero-order chi connectivity index (χ0) is 21.5. The van der Waals surface area contributed by atoms with E-state index in [1.807, 2.05) is 42.5 Å². The number of ether oxygens (including phenoxy) is 2. The smallest absolute Gasteiger partial charge is 0.248 e. The third-order valence-corrected chi connectivity index (χ3v) is 4.20. The van der Waals surface area contributed by atoms with Gasteiger partial charge in [0.2, 0.25) is 5.91 Å². The van der Waals surface area contributed by atoms with Crippen LogP contribution < -0.4 is 14.8 Å². The number of carbonyl (C=O) groups excluding carboxylic acids is 1. The molecule has 0 bridgehead atoms. The van der Waals surface area contributed by atoms with E-state index in [-0.39, 0.29) is 5.91 Å². The lowest BCUT2D eigenvalue weighted by atomic mass is 10.1. The number of carbonyl (C=O) groups is 1. The summed E-state index contributed by atoms with van der Waals surface area (Å²) in [5.74, 6) is 2.10. The van der Waals surface area contributed by atoms with Crippen LogP contribution in [-0.2, 0) is 11.8 Å². The van der Waals surface area contributed by atoms with E-state index in [1.165, 1.54) is 6.08 Å². The molecule has 0 saturated carbocycles. The molecule has 0 spiro atoms. The molecule has 1 aromatic heterocycles. The molecule has 156 valence electrons. The van der Waals surface area contributed by atoms with Crippen molar-refractivity contribution in [1.29, 1.82) is 0 Å². The maximum absolute atomic E-state index is 12.3. The summed E-state index contributed by atoms with van der Waals surface area (Å²) < 4.78 is 12.7. The van der Waals surface area contributed by atoms with Gasteiger partial charge in [-0.2, -0.15) is 0 Å². The van der Waals surface area contributed by atoms with Gasteiger partial charge in [-0.3, -0.25) is 4.79 Å². The molecule has 0 atom stereocenters. The molecular formula is C22H25N5O3. The van der Waals surface area contributed by atoms with E-state index in [2.05, 4.69) is 34.7 Å². The van der Waals surface area contributed by atoms with Crippen molar-refractivity contribution in [2.75, 3.05) is 19.0 Å². The van der Waals surface area contributed by atoms with E-state index >= 15 is 0 Å². The maximum atomic E-state index is 12.3. The van der Waals surface area contributed by atoms with Crippen molar-refractivity contribution in [1.82, 2.24) is 20.2 Å². The molecule has 0 aliphatic heterocycles. The van der Waals surface area contributed by atoms with Crippen LogP contribution in [0.4, 0.5) is 5.69 Å². The lowest BCUT2D eigenvalue weighted by Crippen LogP contribution is -2.08. The molecule has 2 aromatic carbocycles. The number of benzene rings is 2. The van der Waals surface area contributed by atoms with E-state index in [0.717, 1.165) is 11.1 Å². The Morgan fingerprint density at radius 1 is 1.20 bits per heavy atom. The maximum Gasteiger partial charge on any atom is 0.248 e. The Labute approximate surface area is 175 Å². The SMILES string of the molecule is COc1cc(/C=C/C(=O)Nc2cccc(-c3nnnn3C)c2)ccc1OCC(C)C. The second-order valence-corrected chi connectivity index (χ2v) is 7.14. The van der Waals surface area contributed by atoms with Crippen molar-refractivity contribution >= 4 is 17.7 Å². The molecule has 30 heavy (non-hydrogen) atoms. The summed E-state index contributed by atoms with van der Waals surface area (Å²) in [7, 11) is 3.36. The van der Waals surface area contributed by atoms with Crippen LogP contribution in [0.25, 0.3) is 17.5 Å². The van der Waals surface area contributed by atoms with Crippen LogP contribution in [0.1, 0.15) is 19.4 Å². The topological polar surface area (TPSA) is 91.2 Å². The molecule has 1 N–H and O–H groups in total. The highest BCUT2D eigenvalue weighted by atomic mass is 16.5. The minimum atomic E-state index is -0.248. The van der Waals surface area contributed by atoms with Crippen molar-refractivity contribution in [2.45, 2.75) is 13.8 Å². The van der Waals surface area contributed by atoms with Gasteiger partial charge in [0.05, 0.1) is 13.7 Å². The molecule has 0 saturated heterocycles. The summed E-state index contributed by atoms with van der Waals surface area (Å²) in [5.41, 5.74) is 2.30. The van der Waals surface area contributed by atoms with Gasteiger partial charge in [0, 0.05) is 24.4 Å². The first kappa shape index (κ1) is 21.0. The lowest BCUT2D eigenvalue weighted by molar-refractivity contribution is -0.111. The summed E-state index contributed by atoms with van der Waals surface area (Å²) in [6.07, 6.45) is 3.19. The fourth-order valence-electron chi connectivity index (χ4n) is 2.73. The molecule has 0 fully saturated rings. The minimum Gasteiger partial charge on any atom is -0.493 e. The zero-order valence-corrected chi connectivity index (χ0v) is 17.5. The van der Waals surface area contributed by atoms with E-state index in [0.29, 0.717) is 35.5 Å². The fraction of sp³-hybridized carbons (Fsp3) is 0.273. The van der Waals surface area contributed by atoms with Gasteiger partial charge in [-0.15, -0.1) is 5.10 Å². The summed E-state index contributed by atoms with van der Waals surface area (Å²) in [6.45, 7) is 4.78. The molecule has 8 heteroatoms. The highest BCUT2D eigenvalue weighted by Crippen LogP contribution is 2.29. The molecule has 0 aliphatic carbocycles. The Bertz CT molecular complexity index is 1040. The van der Waals surface area contributed by atoms with Gasteiger partial charge < -0.3 is 14.8 Å². The predicted octanol–water partition coefficient (Wildman–Crippen LogP) is 3.57. The molecule has 8 nitrogen and oxygen atoms in total. The van der Waals surface area contributed by atoms with Crippen LogP contribution in [0.2, 0.25) is 0 Å². The Morgan fingerprint density at radius 3 is 2.73 bits per heavy atom. The number of tetrazole rings is 1.